The van der Waals surface area contributed by atoms with Gasteiger partial charge in [0.25, 0.3) is 11.6 Å². The number of carbonyl (C=O) groups excluding carboxylic acids is 1. The molecule has 156 valence electrons. The quantitative estimate of drug-likeness (QED) is 0.387. The number of hydrogen-bond donors (Lipinski definition) is 2. The fourth-order valence-corrected chi connectivity index (χ4v) is 6.58. The van der Waals surface area contributed by atoms with E-state index in [-0.39, 0.29) is 37.9 Å². The van der Waals surface area contributed by atoms with Crippen LogP contribution in [0.5, 0.6) is 0 Å². The van der Waals surface area contributed by atoms with Crippen molar-refractivity contribution in [1.82, 2.24) is 9.79 Å². The molecular formula is C16H17Cl2N4O5S2+. The predicted molar refractivity (Wildman–Crippen MR) is 110 cm³/mol. The second-order valence-electron chi connectivity index (χ2n) is 6.22. The number of halogens is 2. The molecule has 29 heavy (non-hydrogen) atoms. The van der Waals surface area contributed by atoms with Crippen LogP contribution in [0.1, 0.15) is 10.4 Å². The number of piperazine rings is 1. The summed E-state index contributed by atoms with van der Waals surface area (Å²) in [5.41, 5.74) is 2.41. The molecular weight excluding hydrogens is 463 g/mol. The van der Waals surface area contributed by atoms with Gasteiger partial charge in [-0.15, -0.1) is 11.3 Å². The number of nitrogens with zero attached hydrogens (tertiary/aromatic N) is 3. The van der Waals surface area contributed by atoms with Gasteiger partial charge in [-0.05, 0) is 12.1 Å². The Morgan fingerprint density at radius 1 is 1.21 bits per heavy atom. The number of hydroxylamine groups is 1. The normalized spacial score (nSPS) is 15.4. The molecule has 1 aliphatic heterocycles. The van der Waals surface area contributed by atoms with Crippen LogP contribution in [-0.2, 0) is 10.0 Å². The zero-order valence-corrected chi connectivity index (χ0v) is 18.3. The maximum Gasteiger partial charge on any atom is 0.276 e. The van der Waals surface area contributed by atoms with Crippen LogP contribution in [0.25, 0.3) is 0 Å². The highest BCUT2D eigenvalue weighted by atomic mass is 35.5. The topological polar surface area (TPSA) is 110 Å². The third-order valence-electron chi connectivity index (χ3n) is 4.51. The van der Waals surface area contributed by atoms with E-state index in [1.807, 2.05) is 4.90 Å². The number of nitroso groups, excluding NO2 is 1. The molecule has 0 radical (unpaired) electrons. The molecule has 0 aliphatic carbocycles. The molecule has 0 bridgehead atoms. The molecule has 13 heteroatoms. The minimum absolute atomic E-state index is 0.0224. The molecule has 0 atom stereocenters. The van der Waals surface area contributed by atoms with Gasteiger partial charge in [0, 0.05) is 48.0 Å². The maximum absolute atomic E-state index is 12.8. The summed E-state index contributed by atoms with van der Waals surface area (Å²) >= 11 is 12.9. The van der Waals surface area contributed by atoms with Gasteiger partial charge < -0.3 is 4.90 Å². The van der Waals surface area contributed by atoms with Crippen molar-refractivity contribution in [2.45, 2.75) is 4.90 Å². The number of rotatable bonds is 5. The number of amides is 1. The lowest BCUT2D eigenvalue weighted by Crippen LogP contribution is -2.49. The highest BCUT2D eigenvalue weighted by Gasteiger charge is 2.32. The van der Waals surface area contributed by atoms with Gasteiger partial charge in [-0.3, -0.25) is 10.0 Å². The van der Waals surface area contributed by atoms with E-state index in [2.05, 4.69) is 0 Å². The zero-order chi connectivity index (χ0) is 21.3. The molecule has 0 unspecified atom stereocenters. The number of benzene rings is 1. The fraction of sp³-hybridized carbons (Fsp3) is 0.312. The molecule has 1 saturated heterocycles. The molecule has 2 aromatic rings. The van der Waals surface area contributed by atoms with Gasteiger partial charge in [0.15, 0.2) is 7.05 Å². The van der Waals surface area contributed by atoms with E-state index in [1.165, 1.54) is 23.5 Å². The zero-order valence-electron chi connectivity index (χ0n) is 15.1. The largest absolute Gasteiger partial charge is 0.368 e. The maximum atomic E-state index is 12.8. The first-order chi connectivity index (χ1) is 13.6. The van der Waals surface area contributed by atoms with Gasteiger partial charge in [0.1, 0.15) is 9.23 Å². The third kappa shape index (κ3) is 4.39. The van der Waals surface area contributed by atoms with Gasteiger partial charge in [0.2, 0.25) is 10.0 Å². The molecule has 1 amide bonds. The summed E-state index contributed by atoms with van der Waals surface area (Å²) < 4.78 is 28.0. The second kappa shape index (κ2) is 8.54. The van der Waals surface area contributed by atoms with Crippen molar-refractivity contribution < 1.29 is 23.2 Å². The average Bonchev–Trinajstić information content (AvgIpc) is 3.05. The van der Waals surface area contributed by atoms with Gasteiger partial charge in [-0.25, -0.2) is 13.9 Å². The lowest BCUT2D eigenvalue weighted by atomic mass is 10.1. The summed E-state index contributed by atoms with van der Waals surface area (Å²) in [4.78, 5) is 25.4. The first-order valence-corrected chi connectivity index (χ1v) is 11.4. The van der Waals surface area contributed by atoms with Crippen molar-refractivity contribution >= 4 is 61.8 Å². The lowest BCUT2D eigenvalue weighted by molar-refractivity contribution is -0.428. The van der Waals surface area contributed by atoms with Gasteiger partial charge >= 0.3 is 0 Å². The molecule has 0 saturated carbocycles. The van der Waals surface area contributed by atoms with E-state index in [0.29, 0.717) is 23.5 Å². The van der Waals surface area contributed by atoms with E-state index in [1.54, 1.807) is 17.6 Å². The van der Waals surface area contributed by atoms with Crippen molar-refractivity contribution in [1.29, 1.82) is 0 Å². The molecule has 1 fully saturated rings. The van der Waals surface area contributed by atoms with Crippen LogP contribution < -0.4 is 10.4 Å². The number of nitrogens with one attached hydrogen (secondary N) is 1. The van der Waals surface area contributed by atoms with Crippen LogP contribution in [0.15, 0.2) is 29.2 Å². The molecule has 3 rings (SSSR count). The van der Waals surface area contributed by atoms with Crippen molar-refractivity contribution in [3.05, 3.63) is 43.4 Å². The monoisotopic (exact) mass is 479 g/mol. The Kier molecular flexibility index (Phi) is 6.46. The fourth-order valence-electron chi connectivity index (χ4n) is 3.05. The summed E-state index contributed by atoms with van der Waals surface area (Å²) in [6.45, 7) is 0.922. The molecule has 9 nitrogen and oxygen atoms in total. The van der Waals surface area contributed by atoms with Crippen molar-refractivity contribution in [2.24, 2.45) is 0 Å². The summed E-state index contributed by atoms with van der Waals surface area (Å²) in [7, 11) is -2.50. The van der Waals surface area contributed by atoms with Crippen LogP contribution in [0, 0.1) is 4.91 Å². The van der Waals surface area contributed by atoms with Crippen molar-refractivity contribution in [3.63, 3.8) is 0 Å². The van der Waals surface area contributed by atoms with E-state index in [0.717, 1.165) is 11.3 Å². The van der Waals surface area contributed by atoms with Gasteiger partial charge in [-0.2, -0.15) is 4.31 Å². The molecule has 2 heterocycles. The van der Waals surface area contributed by atoms with Crippen LogP contribution in [0.4, 0.5) is 11.4 Å². The summed E-state index contributed by atoms with van der Waals surface area (Å²) in [6.07, 6.45) is 0. The summed E-state index contributed by atoms with van der Waals surface area (Å²) in [5.74, 6) is -0.765. The third-order valence-corrected chi connectivity index (χ3v) is 8.16. The average molecular weight is 480 g/mol. The van der Waals surface area contributed by atoms with E-state index < -0.39 is 15.9 Å². The van der Waals surface area contributed by atoms with Crippen molar-refractivity contribution in [2.75, 3.05) is 38.1 Å². The van der Waals surface area contributed by atoms with E-state index >= 15 is 0 Å². The van der Waals surface area contributed by atoms with Crippen LogP contribution in [0.2, 0.25) is 8.67 Å². The highest BCUT2D eigenvalue weighted by molar-refractivity contribution is 7.89. The lowest BCUT2D eigenvalue weighted by Gasteiger charge is -2.36. The summed E-state index contributed by atoms with van der Waals surface area (Å²) in [6, 6.07) is 5.84. The minimum Gasteiger partial charge on any atom is -0.368 e. The Morgan fingerprint density at radius 2 is 1.86 bits per heavy atom. The molecule has 2 N–H and O–H groups in total. The van der Waals surface area contributed by atoms with E-state index in [4.69, 9.17) is 28.4 Å². The Morgan fingerprint density at radius 3 is 2.38 bits per heavy atom. The first-order valence-electron chi connectivity index (χ1n) is 8.34. The Balaban J connectivity index is 1.83. The Hall–Kier alpha value is -1.76. The predicted octanol–water partition coefficient (Wildman–Crippen LogP) is 2.73. The summed E-state index contributed by atoms with van der Waals surface area (Å²) in [5, 5.41) is 9.02. The van der Waals surface area contributed by atoms with Crippen LogP contribution >= 0.6 is 34.5 Å². The van der Waals surface area contributed by atoms with Crippen LogP contribution in [0.3, 0.4) is 0 Å². The first kappa shape index (κ1) is 21.9. The number of carbonyl (C=O) groups is 1. The Labute approximate surface area is 181 Å². The Bertz CT molecular complexity index is 1070. The molecule has 1 aromatic heterocycles. The molecule has 1 aromatic carbocycles. The standard InChI is InChI=1S/C16H16Cl2N4O5S2/c1-20(25)10-2-3-12(11(8-10)16(23)19-24)21-4-6-22(7-5-21)29(26,27)13-9-14(17)28-15(13)18/h2-3,8-9H,4-7H2,1H3,(H-,19,23,24)/p+1. The van der Waals surface area contributed by atoms with Gasteiger partial charge in [-0.1, -0.05) is 23.2 Å². The van der Waals surface area contributed by atoms with E-state index in [9.17, 15) is 18.1 Å². The SMILES string of the molecule is C[N+](=O)c1ccc(N2CCN(S(=O)(=O)c3cc(Cl)sc3Cl)CC2)c(C(=O)NO)c1. The van der Waals surface area contributed by atoms with Crippen LogP contribution in [-0.4, -0.2) is 61.8 Å². The molecule has 1 aliphatic rings. The second-order valence-corrected chi connectivity index (χ2v) is 10.4. The minimum atomic E-state index is -3.79. The van der Waals surface area contributed by atoms with Gasteiger partial charge in [0.05, 0.1) is 15.6 Å². The van der Waals surface area contributed by atoms with Crippen molar-refractivity contribution in [3.8, 4) is 0 Å². The molecule has 0 spiro atoms. The highest BCUT2D eigenvalue weighted by Crippen LogP contribution is 2.36. The number of thiophene rings is 1. The number of hydrogen-bond acceptors (Lipinski definition) is 7. The number of anilines is 1. The smallest absolute Gasteiger partial charge is 0.276 e. The number of sulfonamides is 1.